The van der Waals surface area contributed by atoms with Crippen molar-refractivity contribution in [3.8, 4) is 33.4 Å². The van der Waals surface area contributed by atoms with Gasteiger partial charge in [0.25, 0.3) is 0 Å². The van der Waals surface area contributed by atoms with Crippen molar-refractivity contribution in [2.45, 2.75) is 19.3 Å². The zero-order valence-corrected chi connectivity index (χ0v) is 28.8. The van der Waals surface area contributed by atoms with Gasteiger partial charge in [-0.3, -0.25) is 0 Å². The summed E-state index contributed by atoms with van der Waals surface area (Å²) in [7, 11) is 0. The third kappa shape index (κ3) is 4.46. The Morgan fingerprint density at radius 1 is 0.294 bits per heavy atom. The van der Waals surface area contributed by atoms with E-state index >= 15 is 0 Å². The topological polar surface area (TPSA) is 0 Å². The molecule has 9 aromatic carbocycles. The van der Waals surface area contributed by atoms with Crippen LogP contribution in [0.5, 0.6) is 0 Å². The Morgan fingerprint density at radius 3 is 1.27 bits per heavy atom. The van der Waals surface area contributed by atoms with E-state index in [1.54, 1.807) is 0 Å². The van der Waals surface area contributed by atoms with E-state index in [1.807, 2.05) is 0 Å². The molecule has 0 aliphatic heterocycles. The van der Waals surface area contributed by atoms with Crippen molar-refractivity contribution in [3.05, 3.63) is 215 Å². The minimum atomic E-state index is -0.415. The molecule has 0 spiro atoms. The van der Waals surface area contributed by atoms with E-state index in [-0.39, 0.29) is 0 Å². The molecule has 10 rings (SSSR count). The molecule has 0 atom stereocenters. The molecule has 51 heavy (non-hydrogen) atoms. The highest BCUT2D eigenvalue weighted by molar-refractivity contribution is 6.25. The van der Waals surface area contributed by atoms with Crippen LogP contribution in [-0.2, 0) is 5.41 Å². The summed E-state index contributed by atoms with van der Waals surface area (Å²) in [5, 5.41) is 7.82. The Labute approximate surface area is 299 Å². The second-order valence-corrected chi connectivity index (χ2v) is 14.2. The van der Waals surface area contributed by atoms with Gasteiger partial charge in [-0.05, 0) is 114 Å². The van der Waals surface area contributed by atoms with E-state index in [9.17, 15) is 0 Å². The second-order valence-electron chi connectivity index (χ2n) is 14.2. The lowest BCUT2D eigenvalue weighted by atomic mass is 9.67. The largest absolute Gasteiger partial charge is 0.0713 e. The Bertz CT molecular complexity index is 2700. The molecule has 0 amide bonds. The van der Waals surface area contributed by atoms with Crippen LogP contribution in [0.4, 0.5) is 0 Å². The number of hydrogen-bond donors (Lipinski definition) is 0. The average molecular weight is 649 g/mol. The predicted octanol–water partition coefficient (Wildman–Crippen LogP) is 13.5. The first-order valence-electron chi connectivity index (χ1n) is 17.9. The van der Waals surface area contributed by atoms with Crippen LogP contribution in [0, 0.1) is 13.8 Å². The maximum absolute atomic E-state index is 2.46. The van der Waals surface area contributed by atoms with Crippen molar-refractivity contribution in [2.24, 2.45) is 0 Å². The first-order chi connectivity index (χ1) is 25.1. The molecule has 0 N–H and O–H groups in total. The van der Waals surface area contributed by atoms with Gasteiger partial charge < -0.3 is 0 Å². The molecule has 0 aromatic heterocycles. The summed E-state index contributed by atoms with van der Waals surface area (Å²) >= 11 is 0. The van der Waals surface area contributed by atoms with Crippen molar-refractivity contribution in [1.82, 2.24) is 0 Å². The van der Waals surface area contributed by atoms with E-state index in [0.717, 1.165) is 0 Å². The van der Waals surface area contributed by atoms with Crippen LogP contribution in [0.3, 0.4) is 0 Å². The zero-order valence-electron chi connectivity index (χ0n) is 28.8. The molecule has 0 fully saturated rings. The van der Waals surface area contributed by atoms with Crippen LogP contribution < -0.4 is 0 Å². The Hall–Kier alpha value is -6.24. The highest BCUT2D eigenvalue weighted by Crippen LogP contribution is 2.56. The van der Waals surface area contributed by atoms with E-state index in [2.05, 4.69) is 196 Å². The third-order valence-corrected chi connectivity index (χ3v) is 11.3. The van der Waals surface area contributed by atoms with Crippen molar-refractivity contribution in [1.29, 1.82) is 0 Å². The molecular weight excluding hydrogens is 613 g/mol. The van der Waals surface area contributed by atoms with Crippen molar-refractivity contribution in [2.75, 3.05) is 0 Å². The fourth-order valence-corrected chi connectivity index (χ4v) is 8.80. The molecule has 0 bridgehead atoms. The van der Waals surface area contributed by atoms with Gasteiger partial charge in [0.1, 0.15) is 0 Å². The Balaban J connectivity index is 1.11. The quantitative estimate of drug-likeness (QED) is 0.167. The number of benzene rings is 9. The maximum atomic E-state index is 2.46. The minimum absolute atomic E-state index is 0.415. The molecule has 0 saturated heterocycles. The van der Waals surface area contributed by atoms with Gasteiger partial charge in [0.05, 0.1) is 5.41 Å². The molecule has 240 valence electrons. The van der Waals surface area contributed by atoms with E-state index < -0.39 is 5.41 Å². The average Bonchev–Trinajstić information content (AvgIpc) is 3.49. The monoisotopic (exact) mass is 648 g/mol. The SMILES string of the molecule is Cc1ccc(C2(c3ccc(C)cc3)c3ccccc3-c3ccc(-c4ccc(-c5ccc6c7ccccc7c7ccccc7c6c5)cc4)cc32)cc1. The maximum Gasteiger partial charge on any atom is 0.0713 e. The van der Waals surface area contributed by atoms with Gasteiger partial charge in [-0.25, -0.2) is 0 Å². The normalized spacial score (nSPS) is 13.1. The summed E-state index contributed by atoms with van der Waals surface area (Å²) in [6, 6.07) is 68.2. The number of rotatable bonds is 4. The highest BCUT2D eigenvalue weighted by Gasteiger charge is 2.46. The molecular formula is C51H36. The van der Waals surface area contributed by atoms with E-state index in [4.69, 9.17) is 0 Å². The first kappa shape index (κ1) is 29.7. The van der Waals surface area contributed by atoms with Crippen LogP contribution in [0.1, 0.15) is 33.4 Å². The number of hydrogen-bond acceptors (Lipinski definition) is 0. The van der Waals surface area contributed by atoms with Gasteiger partial charge in [0, 0.05) is 0 Å². The van der Waals surface area contributed by atoms with Crippen LogP contribution in [-0.4, -0.2) is 0 Å². The summed E-state index contributed by atoms with van der Waals surface area (Å²) in [5.74, 6) is 0. The van der Waals surface area contributed by atoms with Gasteiger partial charge in [0.15, 0.2) is 0 Å². The molecule has 0 unspecified atom stereocenters. The lowest BCUT2D eigenvalue weighted by Gasteiger charge is -2.34. The third-order valence-electron chi connectivity index (χ3n) is 11.3. The Morgan fingerprint density at radius 2 is 0.706 bits per heavy atom. The van der Waals surface area contributed by atoms with E-state index in [1.165, 1.54) is 99.1 Å². The molecule has 1 aliphatic carbocycles. The fraction of sp³-hybridized carbons (Fsp3) is 0.0588. The summed E-state index contributed by atoms with van der Waals surface area (Å²) in [6.07, 6.45) is 0. The van der Waals surface area contributed by atoms with Crippen molar-refractivity contribution >= 4 is 32.3 Å². The zero-order chi connectivity index (χ0) is 34.1. The van der Waals surface area contributed by atoms with Gasteiger partial charge >= 0.3 is 0 Å². The van der Waals surface area contributed by atoms with Gasteiger partial charge in [0.2, 0.25) is 0 Å². The Kier molecular flexibility index (Phi) is 6.63. The number of aryl methyl sites for hydroxylation is 2. The lowest BCUT2D eigenvalue weighted by molar-refractivity contribution is 0.768. The summed E-state index contributed by atoms with van der Waals surface area (Å²) in [5.41, 5.74) is 14.9. The second kappa shape index (κ2) is 11.4. The molecule has 0 heterocycles. The minimum Gasteiger partial charge on any atom is -0.0619 e. The van der Waals surface area contributed by atoms with Crippen LogP contribution >= 0.6 is 0 Å². The number of fused-ring (bicyclic) bond motifs is 9. The van der Waals surface area contributed by atoms with Crippen molar-refractivity contribution in [3.63, 3.8) is 0 Å². The van der Waals surface area contributed by atoms with E-state index in [0.29, 0.717) is 0 Å². The lowest BCUT2D eigenvalue weighted by Crippen LogP contribution is -2.28. The summed E-state index contributed by atoms with van der Waals surface area (Å²) in [4.78, 5) is 0. The molecule has 0 heteroatoms. The molecule has 1 aliphatic rings. The molecule has 0 radical (unpaired) electrons. The van der Waals surface area contributed by atoms with Gasteiger partial charge in [-0.1, -0.05) is 181 Å². The van der Waals surface area contributed by atoms with Crippen LogP contribution in [0.25, 0.3) is 65.7 Å². The van der Waals surface area contributed by atoms with Crippen LogP contribution in [0.15, 0.2) is 182 Å². The summed E-state index contributed by atoms with van der Waals surface area (Å²) in [6.45, 7) is 4.34. The van der Waals surface area contributed by atoms with Gasteiger partial charge in [-0.15, -0.1) is 0 Å². The van der Waals surface area contributed by atoms with Gasteiger partial charge in [-0.2, -0.15) is 0 Å². The molecule has 9 aromatic rings. The standard InChI is InChI=1S/C51H36/c1-33-15-25-39(26-16-33)51(40-27-17-34(2)18-28-40)49-14-8-7-13-46(49)47-30-24-38(32-50(47)51)36-21-19-35(20-22-36)37-23-29-45-43-11-4-3-9-41(43)42-10-5-6-12-44(42)48(45)31-37/h3-32H,1-2H3. The highest BCUT2D eigenvalue weighted by atomic mass is 14.5. The van der Waals surface area contributed by atoms with Crippen molar-refractivity contribution < 1.29 is 0 Å². The molecule has 0 saturated carbocycles. The molecule has 0 nitrogen and oxygen atoms in total. The smallest absolute Gasteiger partial charge is 0.0619 e. The first-order valence-corrected chi connectivity index (χ1v) is 17.9. The van der Waals surface area contributed by atoms with Crippen LogP contribution in [0.2, 0.25) is 0 Å². The summed E-state index contributed by atoms with van der Waals surface area (Å²) < 4.78 is 0. The fourth-order valence-electron chi connectivity index (χ4n) is 8.80. The predicted molar refractivity (Wildman–Crippen MR) is 217 cm³/mol.